The summed E-state index contributed by atoms with van der Waals surface area (Å²) in [6.07, 6.45) is 4.28. The van der Waals surface area contributed by atoms with E-state index in [1.54, 1.807) is 0 Å². The molecule has 1 fully saturated rings. The van der Waals surface area contributed by atoms with E-state index in [1.165, 1.54) is 12.8 Å². The molecule has 1 aliphatic rings. The Morgan fingerprint density at radius 3 is 2.61 bits per heavy atom. The van der Waals surface area contributed by atoms with Crippen molar-refractivity contribution < 1.29 is 14.6 Å². The van der Waals surface area contributed by atoms with Gasteiger partial charge < -0.3 is 9.84 Å². The predicted octanol–water partition coefficient (Wildman–Crippen LogP) is 2.67. The van der Waals surface area contributed by atoms with Crippen LogP contribution in [0.2, 0.25) is 0 Å². The summed E-state index contributed by atoms with van der Waals surface area (Å²) >= 11 is 0. The van der Waals surface area contributed by atoms with Crippen LogP contribution in [0.4, 0.5) is 0 Å². The molecule has 0 aromatic heterocycles. The summed E-state index contributed by atoms with van der Waals surface area (Å²) in [5.74, 6) is -0.00460. The zero-order valence-electron chi connectivity index (χ0n) is 10.5. The van der Waals surface area contributed by atoms with E-state index < -0.39 is 12.1 Å². The number of rotatable bonds is 5. The molecule has 3 nitrogen and oxygen atoms in total. The Hall–Kier alpha value is -1.35. The molecule has 0 amide bonds. The third-order valence-electron chi connectivity index (χ3n) is 3.53. The van der Waals surface area contributed by atoms with Crippen molar-refractivity contribution in [2.24, 2.45) is 5.92 Å². The SMILES string of the molecule is O=C(OCc1ccccc1)[C@H](O)CC1CCCC1. The summed E-state index contributed by atoms with van der Waals surface area (Å²) in [6.45, 7) is 0.237. The van der Waals surface area contributed by atoms with E-state index in [0.717, 1.165) is 18.4 Å². The minimum atomic E-state index is -0.961. The highest BCUT2D eigenvalue weighted by Gasteiger charge is 2.24. The lowest BCUT2D eigenvalue weighted by atomic mass is 10.0. The molecule has 0 radical (unpaired) electrons. The third kappa shape index (κ3) is 3.84. The number of benzene rings is 1. The molecule has 2 rings (SSSR count). The molecule has 0 spiro atoms. The highest BCUT2D eigenvalue weighted by molar-refractivity contribution is 5.74. The summed E-state index contributed by atoms with van der Waals surface area (Å²) in [6, 6.07) is 9.52. The first-order chi connectivity index (χ1) is 8.75. The molecular formula is C15H20O3. The Labute approximate surface area is 108 Å². The molecule has 3 heteroatoms. The number of hydrogen-bond donors (Lipinski definition) is 1. The maximum absolute atomic E-state index is 11.6. The minimum Gasteiger partial charge on any atom is -0.459 e. The van der Waals surface area contributed by atoms with Crippen LogP contribution in [0.1, 0.15) is 37.7 Å². The molecule has 1 atom stereocenters. The lowest BCUT2D eigenvalue weighted by Gasteiger charge is -2.14. The summed E-state index contributed by atoms with van der Waals surface area (Å²) in [5.41, 5.74) is 0.943. The minimum absolute atomic E-state index is 0.237. The molecule has 0 bridgehead atoms. The van der Waals surface area contributed by atoms with Crippen LogP contribution in [0, 0.1) is 5.92 Å². The van der Waals surface area contributed by atoms with Crippen LogP contribution in [0.5, 0.6) is 0 Å². The fraction of sp³-hybridized carbons (Fsp3) is 0.533. The molecule has 1 aromatic carbocycles. The Balaban J connectivity index is 1.73. The number of esters is 1. The van der Waals surface area contributed by atoms with E-state index in [9.17, 15) is 9.90 Å². The predicted molar refractivity (Wildman–Crippen MR) is 68.8 cm³/mol. The van der Waals surface area contributed by atoms with Crippen LogP contribution >= 0.6 is 0 Å². The Morgan fingerprint density at radius 2 is 1.94 bits per heavy atom. The lowest BCUT2D eigenvalue weighted by Crippen LogP contribution is -2.25. The third-order valence-corrected chi connectivity index (χ3v) is 3.53. The Morgan fingerprint density at radius 1 is 1.28 bits per heavy atom. The number of aliphatic hydroxyl groups is 1. The Kier molecular flexibility index (Phi) is 4.76. The van der Waals surface area contributed by atoms with Gasteiger partial charge in [0.05, 0.1) is 0 Å². The molecule has 98 valence electrons. The van der Waals surface area contributed by atoms with Gasteiger partial charge in [0, 0.05) is 0 Å². The summed E-state index contributed by atoms with van der Waals surface area (Å²) in [5, 5.41) is 9.78. The van der Waals surface area contributed by atoms with E-state index >= 15 is 0 Å². The van der Waals surface area contributed by atoms with Crippen molar-refractivity contribution in [3.05, 3.63) is 35.9 Å². The molecule has 0 unspecified atom stereocenters. The number of ether oxygens (including phenoxy) is 1. The van der Waals surface area contributed by atoms with Gasteiger partial charge in [-0.25, -0.2) is 4.79 Å². The van der Waals surface area contributed by atoms with Crippen LogP contribution in [-0.4, -0.2) is 17.2 Å². The summed E-state index contributed by atoms with van der Waals surface area (Å²) < 4.78 is 5.11. The van der Waals surface area contributed by atoms with Crippen molar-refractivity contribution in [1.29, 1.82) is 0 Å². The van der Waals surface area contributed by atoms with E-state index in [2.05, 4.69) is 0 Å². The fourth-order valence-corrected chi connectivity index (χ4v) is 2.48. The van der Waals surface area contributed by atoms with Gasteiger partial charge in [0.15, 0.2) is 6.10 Å². The van der Waals surface area contributed by atoms with Gasteiger partial charge in [0.2, 0.25) is 0 Å². The molecule has 0 aliphatic heterocycles. The van der Waals surface area contributed by atoms with Gasteiger partial charge >= 0.3 is 5.97 Å². The van der Waals surface area contributed by atoms with Gasteiger partial charge in [-0.3, -0.25) is 0 Å². The fourth-order valence-electron chi connectivity index (χ4n) is 2.48. The van der Waals surface area contributed by atoms with Crippen molar-refractivity contribution in [2.45, 2.75) is 44.8 Å². The number of carbonyl (C=O) groups is 1. The average Bonchev–Trinajstić information content (AvgIpc) is 2.90. The normalized spacial score (nSPS) is 17.6. The molecule has 1 saturated carbocycles. The van der Waals surface area contributed by atoms with Crippen molar-refractivity contribution in [2.75, 3.05) is 0 Å². The average molecular weight is 248 g/mol. The Bertz CT molecular complexity index is 369. The quantitative estimate of drug-likeness (QED) is 0.815. The van der Waals surface area contributed by atoms with Gasteiger partial charge in [-0.15, -0.1) is 0 Å². The monoisotopic (exact) mass is 248 g/mol. The molecule has 1 aromatic rings. The van der Waals surface area contributed by atoms with Crippen molar-refractivity contribution in [1.82, 2.24) is 0 Å². The maximum atomic E-state index is 11.6. The van der Waals surface area contributed by atoms with Gasteiger partial charge in [0.1, 0.15) is 6.61 Å². The highest BCUT2D eigenvalue weighted by Crippen LogP contribution is 2.28. The largest absolute Gasteiger partial charge is 0.459 e. The van der Waals surface area contributed by atoms with E-state index in [0.29, 0.717) is 12.3 Å². The molecule has 0 saturated heterocycles. The number of hydrogen-bond acceptors (Lipinski definition) is 3. The van der Waals surface area contributed by atoms with Crippen LogP contribution < -0.4 is 0 Å². The van der Waals surface area contributed by atoms with E-state index in [4.69, 9.17) is 4.74 Å². The zero-order valence-corrected chi connectivity index (χ0v) is 10.5. The highest BCUT2D eigenvalue weighted by atomic mass is 16.5. The number of carbonyl (C=O) groups excluding carboxylic acids is 1. The topological polar surface area (TPSA) is 46.5 Å². The second kappa shape index (κ2) is 6.55. The van der Waals surface area contributed by atoms with Crippen LogP contribution in [-0.2, 0) is 16.1 Å². The first-order valence-electron chi connectivity index (χ1n) is 6.64. The summed E-state index contributed by atoms with van der Waals surface area (Å²) in [7, 11) is 0. The standard InChI is InChI=1S/C15H20O3/c16-14(10-12-6-4-5-7-12)15(17)18-11-13-8-2-1-3-9-13/h1-3,8-9,12,14,16H,4-7,10-11H2/t14-/m1/s1. The van der Waals surface area contributed by atoms with Crippen LogP contribution in [0.15, 0.2) is 30.3 Å². The first-order valence-corrected chi connectivity index (χ1v) is 6.64. The smallest absolute Gasteiger partial charge is 0.335 e. The first kappa shape index (κ1) is 13.1. The number of aliphatic hydroxyl groups excluding tert-OH is 1. The molecule has 0 heterocycles. The molecule has 18 heavy (non-hydrogen) atoms. The molecule has 1 aliphatic carbocycles. The van der Waals surface area contributed by atoms with Crippen LogP contribution in [0.25, 0.3) is 0 Å². The van der Waals surface area contributed by atoms with Gasteiger partial charge in [-0.2, -0.15) is 0 Å². The van der Waals surface area contributed by atoms with Gasteiger partial charge in [-0.1, -0.05) is 56.0 Å². The maximum Gasteiger partial charge on any atom is 0.335 e. The second-order valence-corrected chi connectivity index (χ2v) is 5.00. The van der Waals surface area contributed by atoms with E-state index in [1.807, 2.05) is 30.3 Å². The van der Waals surface area contributed by atoms with Crippen molar-refractivity contribution in [3.8, 4) is 0 Å². The second-order valence-electron chi connectivity index (χ2n) is 5.00. The molecular weight excluding hydrogens is 228 g/mol. The van der Waals surface area contributed by atoms with Gasteiger partial charge in [0.25, 0.3) is 0 Å². The van der Waals surface area contributed by atoms with Crippen LogP contribution in [0.3, 0.4) is 0 Å². The molecule has 1 N–H and O–H groups in total. The van der Waals surface area contributed by atoms with Gasteiger partial charge in [-0.05, 0) is 17.9 Å². The van der Waals surface area contributed by atoms with E-state index in [-0.39, 0.29) is 6.61 Å². The van der Waals surface area contributed by atoms with Crippen molar-refractivity contribution in [3.63, 3.8) is 0 Å². The van der Waals surface area contributed by atoms with Crippen molar-refractivity contribution >= 4 is 5.97 Å². The lowest BCUT2D eigenvalue weighted by molar-refractivity contribution is -0.155. The summed E-state index contributed by atoms with van der Waals surface area (Å²) in [4.78, 5) is 11.6. The zero-order chi connectivity index (χ0) is 12.8.